The lowest BCUT2D eigenvalue weighted by molar-refractivity contribution is -0.929. The van der Waals surface area contributed by atoms with Crippen molar-refractivity contribution >= 4 is 0 Å². The van der Waals surface area contributed by atoms with Crippen molar-refractivity contribution in [2.24, 2.45) is 0 Å². The van der Waals surface area contributed by atoms with Gasteiger partial charge in [0, 0.05) is 0 Å². The number of hydrogen-bond acceptors (Lipinski definition) is 0. The van der Waals surface area contributed by atoms with Crippen molar-refractivity contribution in [3.63, 3.8) is 0 Å². The first-order valence-corrected chi connectivity index (χ1v) is 31.1. The van der Waals surface area contributed by atoms with E-state index in [0.29, 0.717) is 0 Å². The van der Waals surface area contributed by atoms with Crippen molar-refractivity contribution in [2.45, 2.75) is 374 Å². The molecule has 0 atom stereocenters. The highest BCUT2D eigenvalue weighted by atomic mass is 15.3. The van der Waals surface area contributed by atoms with Crippen LogP contribution >= 0.6 is 0 Å². The Hall–Kier alpha value is -0.0400. The van der Waals surface area contributed by atoms with Crippen LogP contribution in [-0.2, 0) is 0 Å². The molecule has 0 N–H and O–H groups in total. The summed E-state index contributed by atoms with van der Waals surface area (Å²) >= 11 is 0. The van der Waals surface area contributed by atoms with Crippen molar-refractivity contribution in [3.05, 3.63) is 0 Å². The second kappa shape index (κ2) is 56.3. The molecule has 1 nitrogen and oxygen atoms in total. The third-order valence-electron chi connectivity index (χ3n) is 15.4. The molecule has 0 aliphatic rings. The van der Waals surface area contributed by atoms with E-state index in [1.165, 1.54) is 377 Å². The monoisotopic (exact) mass is 887 g/mol. The van der Waals surface area contributed by atoms with Crippen molar-refractivity contribution < 1.29 is 4.48 Å². The number of rotatable bonds is 58. The summed E-state index contributed by atoms with van der Waals surface area (Å²) in [5.41, 5.74) is 0. The maximum absolute atomic E-state index is 2.33. The minimum Gasteiger partial charge on any atom is -0.324 e. The maximum Gasteiger partial charge on any atom is 0.0786 e. The summed E-state index contributed by atoms with van der Waals surface area (Å²) in [5.74, 6) is 0. The van der Waals surface area contributed by atoms with Gasteiger partial charge in [-0.05, 0) is 51.4 Å². The lowest BCUT2D eigenvalue weighted by Crippen LogP contribution is -2.50. The van der Waals surface area contributed by atoms with Gasteiger partial charge in [-0.2, -0.15) is 0 Å². The Kier molecular flexibility index (Phi) is 56.2. The highest BCUT2D eigenvalue weighted by Gasteiger charge is 2.26. The molecule has 0 amide bonds. The molecule has 0 rings (SSSR count). The molecule has 0 fully saturated rings. The fourth-order valence-electron chi connectivity index (χ4n) is 10.9. The summed E-state index contributed by atoms with van der Waals surface area (Å²) in [6.45, 7) is 15.3. The molecule has 1 heteroatoms. The van der Waals surface area contributed by atoms with Gasteiger partial charge in [0.1, 0.15) is 0 Å². The van der Waals surface area contributed by atoms with Gasteiger partial charge in [0.15, 0.2) is 0 Å². The molecule has 0 aliphatic carbocycles. The van der Waals surface area contributed by atoms with Crippen molar-refractivity contribution in [2.75, 3.05) is 26.2 Å². The Balaban J connectivity index is 4.92. The summed E-state index contributed by atoms with van der Waals surface area (Å²) in [6.07, 6.45) is 79.7. The summed E-state index contributed by atoms with van der Waals surface area (Å²) in [7, 11) is 0. The summed E-state index contributed by atoms with van der Waals surface area (Å²) < 4.78 is 1.49. The second-order valence-corrected chi connectivity index (χ2v) is 21.9. The molecule has 63 heavy (non-hydrogen) atoms. The lowest BCUT2D eigenvalue weighted by atomic mass is 10.0. The molecule has 0 aromatic rings. The van der Waals surface area contributed by atoms with Crippen molar-refractivity contribution in [3.8, 4) is 0 Å². The van der Waals surface area contributed by atoms with Crippen LogP contribution in [0, 0.1) is 0 Å². The largest absolute Gasteiger partial charge is 0.324 e. The van der Waals surface area contributed by atoms with Gasteiger partial charge < -0.3 is 4.48 Å². The topological polar surface area (TPSA) is 0 Å². The predicted molar refractivity (Wildman–Crippen MR) is 292 cm³/mol. The fourth-order valence-corrected chi connectivity index (χ4v) is 10.9. The smallest absolute Gasteiger partial charge is 0.0786 e. The molecule has 0 spiro atoms. The highest BCUT2D eigenvalue weighted by Crippen LogP contribution is 2.23. The molecular weight excluding hydrogens is 759 g/mol. The van der Waals surface area contributed by atoms with E-state index in [2.05, 4.69) is 27.7 Å². The SMILES string of the molecule is CCCCCCCCCCCCCCCCC[N+](CCCCCCCCCCCCCCC)(CCCCCCCCCCCCCCC)CCCCCCCCCCCCCCC. The average molecular weight is 888 g/mol. The van der Waals surface area contributed by atoms with Crippen LogP contribution in [-0.4, -0.2) is 30.7 Å². The number of nitrogens with zero attached hydrogens (tertiary/aromatic N) is 1. The van der Waals surface area contributed by atoms with E-state index in [9.17, 15) is 0 Å². The van der Waals surface area contributed by atoms with E-state index >= 15 is 0 Å². The van der Waals surface area contributed by atoms with Gasteiger partial charge >= 0.3 is 0 Å². The molecule has 0 saturated carbocycles. The Labute approximate surface area is 403 Å². The van der Waals surface area contributed by atoms with Gasteiger partial charge in [-0.1, -0.05) is 323 Å². The predicted octanol–water partition coefficient (Wildman–Crippen LogP) is 22.9. The normalized spacial score (nSPS) is 12.0. The van der Waals surface area contributed by atoms with Crippen LogP contribution in [0.4, 0.5) is 0 Å². The summed E-state index contributed by atoms with van der Waals surface area (Å²) in [5, 5.41) is 0. The highest BCUT2D eigenvalue weighted by molar-refractivity contribution is 4.57. The van der Waals surface area contributed by atoms with Gasteiger partial charge in [0.05, 0.1) is 26.2 Å². The van der Waals surface area contributed by atoms with Gasteiger partial charge in [-0.25, -0.2) is 0 Å². The third-order valence-corrected chi connectivity index (χ3v) is 15.4. The second-order valence-electron chi connectivity index (χ2n) is 21.9. The molecule has 0 unspecified atom stereocenters. The zero-order valence-corrected chi connectivity index (χ0v) is 45.5. The van der Waals surface area contributed by atoms with E-state index in [1.807, 2.05) is 0 Å². The Morgan fingerprint density at radius 3 is 0.333 bits per heavy atom. The van der Waals surface area contributed by atoms with Crippen LogP contribution in [0.25, 0.3) is 0 Å². The number of hydrogen-bond donors (Lipinski definition) is 0. The summed E-state index contributed by atoms with van der Waals surface area (Å²) in [6, 6.07) is 0. The molecule has 0 aliphatic heterocycles. The van der Waals surface area contributed by atoms with Gasteiger partial charge in [0.25, 0.3) is 0 Å². The first-order valence-electron chi connectivity index (χ1n) is 31.1. The number of unbranched alkanes of at least 4 members (excludes halogenated alkanes) is 50. The molecule has 0 heterocycles. The zero-order valence-electron chi connectivity index (χ0n) is 45.5. The zero-order chi connectivity index (χ0) is 45.5. The van der Waals surface area contributed by atoms with Crippen LogP contribution in [0.2, 0.25) is 0 Å². The Morgan fingerprint density at radius 2 is 0.222 bits per heavy atom. The molecule has 380 valence electrons. The quantitative estimate of drug-likeness (QED) is 0.0422. The van der Waals surface area contributed by atoms with Crippen LogP contribution in [0.5, 0.6) is 0 Å². The first kappa shape index (κ1) is 63.0. The van der Waals surface area contributed by atoms with Crippen LogP contribution < -0.4 is 0 Å². The molecule has 0 bridgehead atoms. The van der Waals surface area contributed by atoms with E-state index in [-0.39, 0.29) is 0 Å². The van der Waals surface area contributed by atoms with Gasteiger partial charge in [-0.15, -0.1) is 0 Å². The van der Waals surface area contributed by atoms with E-state index in [1.54, 1.807) is 0 Å². The average Bonchev–Trinajstić information content (AvgIpc) is 3.29. The third kappa shape index (κ3) is 51.2. The van der Waals surface area contributed by atoms with Crippen LogP contribution in [0.1, 0.15) is 374 Å². The molecule has 0 aromatic carbocycles. The Bertz CT molecular complexity index is 699. The van der Waals surface area contributed by atoms with E-state index in [0.717, 1.165) is 0 Å². The first-order chi connectivity index (χ1) is 31.2. The van der Waals surface area contributed by atoms with E-state index in [4.69, 9.17) is 0 Å². The van der Waals surface area contributed by atoms with Crippen LogP contribution in [0.15, 0.2) is 0 Å². The van der Waals surface area contributed by atoms with Crippen molar-refractivity contribution in [1.29, 1.82) is 0 Å². The molecule has 0 saturated heterocycles. The Morgan fingerprint density at radius 1 is 0.127 bits per heavy atom. The fraction of sp³-hybridized carbons (Fsp3) is 1.00. The van der Waals surface area contributed by atoms with Gasteiger partial charge in [0.2, 0.25) is 0 Å². The van der Waals surface area contributed by atoms with Crippen molar-refractivity contribution in [1.82, 2.24) is 0 Å². The molecular formula is C62H128N+. The lowest BCUT2D eigenvalue weighted by Gasteiger charge is -2.40. The van der Waals surface area contributed by atoms with E-state index < -0.39 is 0 Å². The number of quaternary nitrogens is 1. The molecule has 0 aromatic heterocycles. The minimum atomic E-state index is 1.37. The van der Waals surface area contributed by atoms with Gasteiger partial charge in [-0.3, -0.25) is 0 Å². The van der Waals surface area contributed by atoms with Crippen LogP contribution in [0.3, 0.4) is 0 Å². The maximum atomic E-state index is 2.33. The standard InChI is InChI=1S/C62H128N/c1-5-9-13-17-21-25-29-33-34-38-42-46-50-54-58-62-63(59-55-51-47-43-39-35-30-26-22-18-14-10-6-2,60-56-52-48-44-40-36-31-27-23-19-15-11-7-3)61-57-53-49-45-41-37-32-28-24-20-16-12-8-4/h5-62H2,1-4H3/q+1. The summed E-state index contributed by atoms with van der Waals surface area (Å²) in [4.78, 5) is 0. The molecule has 0 radical (unpaired) electrons. The minimum absolute atomic E-state index is 1.37.